The van der Waals surface area contributed by atoms with Gasteiger partial charge in [-0.2, -0.15) is 0 Å². The molecule has 22 heavy (non-hydrogen) atoms. The average Bonchev–Trinajstić information content (AvgIpc) is 2.44. The molecular formula is C12H16N4O5S. The number of methoxy groups -OCH3 is 1. The van der Waals surface area contributed by atoms with Crippen molar-refractivity contribution < 1.29 is 19.1 Å². The zero-order chi connectivity index (χ0) is 16.5. The maximum Gasteiger partial charge on any atom is 0.321 e. The molecule has 1 rings (SSSR count). The topological polar surface area (TPSA) is 130 Å². The predicted octanol–water partition coefficient (Wildman–Crippen LogP) is -0.577. The number of ether oxygens (including phenoxy) is 1. The second-order valence-corrected chi connectivity index (χ2v) is 4.96. The summed E-state index contributed by atoms with van der Waals surface area (Å²) in [5.74, 6) is -1.16. The Morgan fingerprint density at radius 3 is 2.77 bits per heavy atom. The largest absolute Gasteiger partial charge is 0.469 e. The number of rotatable bonds is 6. The van der Waals surface area contributed by atoms with E-state index in [0.717, 1.165) is 11.8 Å². The Hall–Kier alpha value is -2.36. The van der Waals surface area contributed by atoms with Crippen LogP contribution in [0.3, 0.4) is 0 Å². The molecule has 0 aliphatic carbocycles. The van der Waals surface area contributed by atoms with Crippen molar-refractivity contribution >= 4 is 29.7 Å². The van der Waals surface area contributed by atoms with Crippen molar-refractivity contribution in [3.8, 4) is 0 Å². The average molecular weight is 328 g/mol. The number of amides is 3. The van der Waals surface area contributed by atoms with Crippen LogP contribution in [0.2, 0.25) is 0 Å². The van der Waals surface area contributed by atoms with Crippen molar-refractivity contribution in [1.82, 2.24) is 20.6 Å². The van der Waals surface area contributed by atoms with Gasteiger partial charge in [0, 0.05) is 12.6 Å². The SMILES string of the molecule is CCNC(=O)NC(=O)CSc1nc(CC(=O)OC)cc(=O)[nH]1. The normalized spacial score (nSPS) is 9.91. The summed E-state index contributed by atoms with van der Waals surface area (Å²) in [5, 5.41) is 4.71. The van der Waals surface area contributed by atoms with E-state index in [4.69, 9.17) is 0 Å². The van der Waals surface area contributed by atoms with Gasteiger partial charge in [0.2, 0.25) is 5.91 Å². The number of carbonyl (C=O) groups excluding carboxylic acids is 3. The minimum absolute atomic E-state index is 0.109. The molecule has 9 nitrogen and oxygen atoms in total. The van der Waals surface area contributed by atoms with E-state index >= 15 is 0 Å². The molecule has 0 saturated carbocycles. The second-order valence-electron chi connectivity index (χ2n) is 3.99. The van der Waals surface area contributed by atoms with Gasteiger partial charge in [-0.1, -0.05) is 11.8 Å². The van der Waals surface area contributed by atoms with Crippen LogP contribution in [0.25, 0.3) is 0 Å². The minimum atomic E-state index is -0.589. The van der Waals surface area contributed by atoms with Crippen molar-refractivity contribution in [2.24, 2.45) is 0 Å². The Morgan fingerprint density at radius 1 is 1.41 bits per heavy atom. The Balaban J connectivity index is 2.62. The van der Waals surface area contributed by atoms with Crippen LogP contribution in [0.1, 0.15) is 12.6 Å². The van der Waals surface area contributed by atoms with E-state index < -0.39 is 23.5 Å². The van der Waals surface area contributed by atoms with Crippen LogP contribution in [0, 0.1) is 0 Å². The maximum atomic E-state index is 11.5. The molecular weight excluding hydrogens is 312 g/mol. The number of aromatic nitrogens is 2. The van der Waals surface area contributed by atoms with Crippen molar-refractivity contribution in [2.45, 2.75) is 18.5 Å². The number of hydrogen-bond acceptors (Lipinski definition) is 7. The first-order chi connectivity index (χ1) is 10.4. The fourth-order valence-electron chi connectivity index (χ4n) is 1.36. The highest BCUT2D eigenvalue weighted by Crippen LogP contribution is 2.11. The molecule has 120 valence electrons. The second kappa shape index (κ2) is 8.82. The molecule has 10 heteroatoms. The minimum Gasteiger partial charge on any atom is -0.469 e. The van der Waals surface area contributed by atoms with Gasteiger partial charge in [0.1, 0.15) is 0 Å². The third-order valence-electron chi connectivity index (χ3n) is 2.26. The van der Waals surface area contributed by atoms with Crippen LogP contribution in [-0.2, 0) is 20.7 Å². The summed E-state index contributed by atoms with van der Waals surface area (Å²) in [6.07, 6.45) is -0.140. The highest BCUT2D eigenvalue weighted by atomic mass is 32.2. The number of nitrogens with zero attached hydrogens (tertiary/aromatic N) is 1. The van der Waals surface area contributed by atoms with Crippen LogP contribution < -0.4 is 16.2 Å². The molecule has 0 aliphatic rings. The quantitative estimate of drug-likeness (QED) is 0.362. The molecule has 0 atom stereocenters. The third-order valence-corrected chi connectivity index (χ3v) is 3.13. The van der Waals surface area contributed by atoms with Gasteiger partial charge in [0.15, 0.2) is 5.16 Å². The van der Waals surface area contributed by atoms with Gasteiger partial charge in [-0.25, -0.2) is 9.78 Å². The zero-order valence-corrected chi connectivity index (χ0v) is 12.9. The molecule has 0 aliphatic heterocycles. The van der Waals surface area contributed by atoms with Gasteiger partial charge in [-0.05, 0) is 6.92 Å². The Morgan fingerprint density at radius 2 is 2.14 bits per heavy atom. The highest BCUT2D eigenvalue weighted by molar-refractivity contribution is 7.99. The standard InChI is InChI=1S/C12H16N4O5S/c1-3-13-11(20)15-9(18)6-22-12-14-7(4-8(17)16-12)5-10(19)21-2/h4H,3,5-6H2,1-2H3,(H,14,16,17)(H2,13,15,18,20). The lowest BCUT2D eigenvalue weighted by molar-refractivity contribution is -0.139. The molecule has 0 bridgehead atoms. The number of nitrogens with one attached hydrogen (secondary N) is 3. The smallest absolute Gasteiger partial charge is 0.321 e. The summed E-state index contributed by atoms with van der Waals surface area (Å²) in [6.45, 7) is 2.12. The van der Waals surface area contributed by atoms with Gasteiger partial charge >= 0.3 is 12.0 Å². The summed E-state index contributed by atoms with van der Waals surface area (Å²) in [7, 11) is 1.23. The number of aromatic amines is 1. The number of hydrogen-bond donors (Lipinski definition) is 3. The molecule has 3 amide bonds. The Kier molecular flexibility index (Phi) is 7.09. The van der Waals surface area contributed by atoms with Gasteiger partial charge in [-0.3, -0.25) is 19.7 Å². The molecule has 1 aromatic rings. The number of H-pyrrole nitrogens is 1. The van der Waals surface area contributed by atoms with Gasteiger partial charge < -0.3 is 15.0 Å². The van der Waals surface area contributed by atoms with E-state index in [-0.39, 0.29) is 23.0 Å². The molecule has 1 heterocycles. The van der Waals surface area contributed by atoms with Gasteiger partial charge in [0.05, 0.1) is 25.0 Å². The number of carbonyl (C=O) groups is 3. The van der Waals surface area contributed by atoms with Crippen LogP contribution in [0.15, 0.2) is 16.0 Å². The first-order valence-electron chi connectivity index (χ1n) is 6.32. The number of thioether (sulfide) groups is 1. The monoisotopic (exact) mass is 328 g/mol. The molecule has 0 fully saturated rings. The summed E-state index contributed by atoms with van der Waals surface area (Å²) in [4.78, 5) is 51.8. The lowest BCUT2D eigenvalue weighted by Crippen LogP contribution is -2.40. The van der Waals surface area contributed by atoms with Crippen LogP contribution in [0.4, 0.5) is 4.79 Å². The van der Waals surface area contributed by atoms with E-state index in [1.807, 2.05) is 0 Å². The lowest BCUT2D eigenvalue weighted by Gasteiger charge is -2.05. The first-order valence-corrected chi connectivity index (χ1v) is 7.30. The predicted molar refractivity (Wildman–Crippen MR) is 78.5 cm³/mol. The fourth-order valence-corrected chi connectivity index (χ4v) is 2.06. The molecule has 0 aromatic carbocycles. The summed E-state index contributed by atoms with van der Waals surface area (Å²) in [5.41, 5.74) is -0.206. The van der Waals surface area contributed by atoms with Crippen LogP contribution >= 0.6 is 11.8 Å². The van der Waals surface area contributed by atoms with Crippen molar-refractivity contribution in [3.05, 3.63) is 22.1 Å². The first kappa shape index (κ1) is 17.7. The van der Waals surface area contributed by atoms with Crippen molar-refractivity contribution in [3.63, 3.8) is 0 Å². The van der Waals surface area contributed by atoms with E-state index in [0.29, 0.717) is 6.54 Å². The van der Waals surface area contributed by atoms with Gasteiger partial charge in [0.25, 0.3) is 5.56 Å². The molecule has 0 radical (unpaired) electrons. The van der Waals surface area contributed by atoms with E-state index in [9.17, 15) is 19.2 Å². The number of esters is 1. The lowest BCUT2D eigenvalue weighted by atomic mass is 10.3. The molecule has 0 unspecified atom stereocenters. The highest BCUT2D eigenvalue weighted by Gasteiger charge is 2.11. The van der Waals surface area contributed by atoms with Crippen molar-refractivity contribution in [1.29, 1.82) is 0 Å². The summed E-state index contributed by atoms with van der Waals surface area (Å²) >= 11 is 0.941. The van der Waals surface area contributed by atoms with E-state index in [1.165, 1.54) is 13.2 Å². The third kappa shape index (κ3) is 6.39. The number of urea groups is 1. The van der Waals surface area contributed by atoms with Gasteiger partial charge in [-0.15, -0.1) is 0 Å². The summed E-state index contributed by atoms with van der Waals surface area (Å²) < 4.78 is 4.49. The Bertz CT molecular complexity index is 616. The van der Waals surface area contributed by atoms with Crippen molar-refractivity contribution in [2.75, 3.05) is 19.4 Å². The van der Waals surface area contributed by atoms with E-state index in [1.54, 1.807) is 6.92 Å². The number of imide groups is 1. The molecule has 0 saturated heterocycles. The van der Waals surface area contributed by atoms with Crippen LogP contribution in [-0.4, -0.2) is 47.3 Å². The maximum absolute atomic E-state index is 11.5. The van der Waals surface area contributed by atoms with Crippen LogP contribution in [0.5, 0.6) is 0 Å². The molecule has 3 N–H and O–H groups in total. The molecule has 0 spiro atoms. The fraction of sp³-hybridized carbons (Fsp3) is 0.417. The Labute approximate surface area is 130 Å². The zero-order valence-electron chi connectivity index (χ0n) is 12.1. The van der Waals surface area contributed by atoms with E-state index in [2.05, 4.69) is 25.3 Å². The molecule has 1 aromatic heterocycles. The summed E-state index contributed by atoms with van der Waals surface area (Å²) in [6, 6.07) is 0.587.